The van der Waals surface area contributed by atoms with E-state index in [-0.39, 0.29) is 13.2 Å². The lowest BCUT2D eigenvalue weighted by Crippen LogP contribution is -2.41. The number of hydrogen-bond donors (Lipinski definition) is 1. The number of carbonyl (C=O) groups is 3. The fourth-order valence-electron chi connectivity index (χ4n) is 2.01. The van der Waals surface area contributed by atoms with E-state index in [1.807, 2.05) is 0 Å². The van der Waals surface area contributed by atoms with E-state index < -0.39 is 30.0 Å². The number of ether oxygens (including phenoxy) is 2. The first-order valence-electron chi connectivity index (χ1n) is 6.98. The first-order valence-corrected chi connectivity index (χ1v) is 7.35. The van der Waals surface area contributed by atoms with Crippen LogP contribution in [0.2, 0.25) is 5.02 Å². The lowest BCUT2D eigenvalue weighted by Gasteiger charge is -2.15. The minimum Gasteiger partial charge on any atom is -0.490 e. The number of amides is 3. The number of rotatable bonds is 6. The third-order valence-corrected chi connectivity index (χ3v) is 3.38. The fourth-order valence-corrected chi connectivity index (χ4v) is 2.19. The van der Waals surface area contributed by atoms with Gasteiger partial charge in [0.25, 0.3) is 5.91 Å². The predicted molar refractivity (Wildman–Crippen MR) is 82.2 cm³/mol. The average molecular weight is 341 g/mol. The maximum Gasteiger partial charge on any atom is 0.326 e. The number of imide groups is 1. The molecule has 0 bridgehead atoms. The molecule has 1 N–H and O–H groups in total. The zero-order valence-electron chi connectivity index (χ0n) is 12.8. The number of hydrogen-bond acceptors (Lipinski definition) is 5. The summed E-state index contributed by atoms with van der Waals surface area (Å²) in [4.78, 5) is 36.1. The second-order valence-electron chi connectivity index (χ2n) is 5.47. The van der Waals surface area contributed by atoms with Crippen molar-refractivity contribution in [3.05, 3.63) is 29.3 Å². The van der Waals surface area contributed by atoms with Crippen LogP contribution >= 0.6 is 11.6 Å². The molecule has 1 aliphatic rings. The summed E-state index contributed by atoms with van der Waals surface area (Å²) >= 11 is 5.81. The number of esters is 1. The SMILES string of the molecule is CC1(C)NC(=O)N(CC(=O)OCCOc2cccc(Cl)c2)C1=O. The van der Waals surface area contributed by atoms with E-state index >= 15 is 0 Å². The van der Waals surface area contributed by atoms with Crippen molar-refractivity contribution in [1.29, 1.82) is 0 Å². The van der Waals surface area contributed by atoms with E-state index in [9.17, 15) is 14.4 Å². The molecule has 0 aliphatic carbocycles. The Kier molecular flexibility index (Phi) is 5.10. The van der Waals surface area contributed by atoms with Crippen molar-refractivity contribution >= 4 is 29.5 Å². The molecule has 0 radical (unpaired) electrons. The molecular formula is C15H17ClN2O5. The van der Waals surface area contributed by atoms with Crippen LogP contribution in [-0.4, -0.2) is 48.1 Å². The van der Waals surface area contributed by atoms with Gasteiger partial charge >= 0.3 is 12.0 Å². The maximum atomic E-state index is 11.9. The highest BCUT2D eigenvalue weighted by atomic mass is 35.5. The van der Waals surface area contributed by atoms with Crippen LogP contribution in [0, 0.1) is 0 Å². The van der Waals surface area contributed by atoms with Gasteiger partial charge in [-0.1, -0.05) is 17.7 Å². The van der Waals surface area contributed by atoms with E-state index in [1.54, 1.807) is 38.1 Å². The van der Waals surface area contributed by atoms with Crippen LogP contribution in [0.15, 0.2) is 24.3 Å². The van der Waals surface area contributed by atoms with Gasteiger partial charge in [0, 0.05) is 5.02 Å². The largest absolute Gasteiger partial charge is 0.490 e. The van der Waals surface area contributed by atoms with Crippen molar-refractivity contribution in [2.75, 3.05) is 19.8 Å². The topological polar surface area (TPSA) is 84.9 Å². The summed E-state index contributed by atoms with van der Waals surface area (Å²) in [6.45, 7) is 2.84. The van der Waals surface area contributed by atoms with E-state index in [0.29, 0.717) is 10.8 Å². The van der Waals surface area contributed by atoms with Gasteiger partial charge < -0.3 is 14.8 Å². The van der Waals surface area contributed by atoms with Gasteiger partial charge in [-0.2, -0.15) is 0 Å². The Morgan fingerprint density at radius 2 is 2.04 bits per heavy atom. The predicted octanol–water partition coefficient (Wildman–Crippen LogP) is 1.59. The van der Waals surface area contributed by atoms with Crippen LogP contribution in [0.1, 0.15) is 13.8 Å². The first-order chi connectivity index (χ1) is 10.8. The van der Waals surface area contributed by atoms with E-state index in [1.165, 1.54) is 0 Å². The third-order valence-electron chi connectivity index (χ3n) is 3.14. The average Bonchev–Trinajstić information content (AvgIpc) is 2.66. The quantitative estimate of drug-likeness (QED) is 0.483. The minimum atomic E-state index is -1.01. The Hall–Kier alpha value is -2.28. The molecule has 7 nitrogen and oxygen atoms in total. The number of urea groups is 1. The summed E-state index contributed by atoms with van der Waals surface area (Å²) in [5.74, 6) is -0.583. The zero-order valence-corrected chi connectivity index (χ0v) is 13.6. The normalized spacial score (nSPS) is 16.2. The molecule has 0 saturated carbocycles. The molecule has 0 aromatic heterocycles. The van der Waals surface area contributed by atoms with Crippen LogP contribution in [0.3, 0.4) is 0 Å². The van der Waals surface area contributed by atoms with E-state index in [2.05, 4.69) is 5.32 Å². The monoisotopic (exact) mass is 340 g/mol. The number of nitrogens with one attached hydrogen (secondary N) is 1. The standard InChI is InChI=1S/C15H17ClN2O5/c1-15(2)13(20)18(14(21)17-15)9-12(19)23-7-6-22-11-5-3-4-10(16)8-11/h3-5,8H,6-7,9H2,1-2H3,(H,17,21). The molecule has 2 rings (SSSR count). The highest BCUT2D eigenvalue weighted by molar-refractivity contribution is 6.30. The van der Waals surface area contributed by atoms with Gasteiger partial charge in [0.1, 0.15) is 31.0 Å². The zero-order chi connectivity index (χ0) is 17.0. The van der Waals surface area contributed by atoms with Crippen LogP contribution in [0.25, 0.3) is 0 Å². The van der Waals surface area contributed by atoms with Crippen LogP contribution in [-0.2, 0) is 14.3 Å². The molecule has 1 heterocycles. The fraction of sp³-hybridized carbons (Fsp3) is 0.400. The molecule has 1 aromatic carbocycles. The Balaban J connectivity index is 1.73. The van der Waals surface area contributed by atoms with Crippen LogP contribution in [0.4, 0.5) is 4.79 Å². The molecule has 1 aromatic rings. The molecule has 1 fully saturated rings. The summed E-state index contributed by atoms with van der Waals surface area (Å²) in [5.41, 5.74) is -1.01. The van der Waals surface area contributed by atoms with Crippen molar-refractivity contribution < 1.29 is 23.9 Å². The molecule has 0 spiro atoms. The van der Waals surface area contributed by atoms with Gasteiger partial charge in [-0.15, -0.1) is 0 Å². The summed E-state index contributed by atoms with van der Waals surface area (Å²) in [7, 11) is 0. The van der Waals surface area contributed by atoms with Gasteiger partial charge in [0.05, 0.1) is 0 Å². The number of halogens is 1. The molecule has 124 valence electrons. The lowest BCUT2D eigenvalue weighted by atomic mass is 10.1. The summed E-state index contributed by atoms with van der Waals surface area (Å²) in [6.07, 6.45) is 0. The van der Waals surface area contributed by atoms with Crippen molar-refractivity contribution in [1.82, 2.24) is 10.2 Å². The molecule has 0 atom stereocenters. The van der Waals surface area contributed by atoms with E-state index in [0.717, 1.165) is 4.90 Å². The highest BCUT2D eigenvalue weighted by Gasteiger charge is 2.45. The molecular weight excluding hydrogens is 324 g/mol. The van der Waals surface area contributed by atoms with Gasteiger partial charge in [-0.25, -0.2) is 4.79 Å². The van der Waals surface area contributed by atoms with Crippen molar-refractivity contribution in [3.63, 3.8) is 0 Å². The van der Waals surface area contributed by atoms with Crippen molar-refractivity contribution in [2.45, 2.75) is 19.4 Å². The smallest absolute Gasteiger partial charge is 0.326 e. The second-order valence-corrected chi connectivity index (χ2v) is 5.91. The molecule has 1 aliphatic heterocycles. The Morgan fingerprint density at radius 1 is 1.30 bits per heavy atom. The molecule has 3 amide bonds. The van der Waals surface area contributed by atoms with Crippen molar-refractivity contribution in [3.8, 4) is 5.75 Å². The molecule has 8 heteroatoms. The lowest BCUT2D eigenvalue weighted by molar-refractivity contribution is -0.148. The Morgan fingerprint density at radius 3 is 2.65 bits per heavy atom. The highest BCUT2D eigenvalue weighted by Crippen LogP contribution is 2.17. The van der Waals surface area contributed by atoms with Gasteiger partial charge in [-0.05, 0) is 32.0 Å². The van der Waals surface area contributed by atoms with Crippen LogP contribution < -0.4 is 10.1 Å². The summed E-state index contributed by atoms with van der Waals surface area (Å²) in [6, 6.07) is 6.21. The van der Waals surface area contributed by atoms with Gasteiger partial charge in [0.2, 0.25) is 0 Å². The van der Waals surface area contributed by atoms with Crippen molar-refractivity contribution in [2.24, 2.45) is 0 Å². The van der Waals surface area contributed by atoms with Gasteiger partial charge in [0.15, 0.2) is 0 Å². The molecule has 23 heavy (non-hydrogen) atoms. The number of benzene rings is 1. The molecule has 0 unspecified atom stereocenters. The maximum absolute atomic E-state index is 11.9. The third kappa shape index (κ3) is 4.35. The number of carbonyl (C=O) groups excluding carboxylic acids is 3. The van der Waals surface area contributed by atoms with Gasteiger partial charge in [-0.3, -0.25) is 14.5 Å². The second kappa shape index (κ2) is 6.87. The first kappa shape index (κ1) is 17.1. The Labute approximate surface area is 138 Å². The number of nitrogens with zero attached hydrogens (tertiary/aromatic N) is 1. The van der Waals surface area contributed by atoms with E-state index in [4.69, 9.17) is 21.1 Å². The minimum absolute atomic E-state index is 0.00160. The Bertz CT molecular complexity index is 632. The van der Waals surface area contributed by atoms with Crippen LogP contribution in [0.5, 0.6) is 5.75 Å². The summed E-state index contributed by atoms with van der Waals surface area (Å²) in [5, 5.41) is 3.03. The molecule has 1 saturated heterocycles. The summed E-state index contributed by atoms with van der Waals surface area (Å²) < 4.78 is 10.3.